The quantitative estimate of drug-likeness (QED) is 0.456. The van der Waals surface area contributed by atoms with E-state index < -0.39 is 0 Å². The van der Waals surface area contributed by atoms with Crippen LogP contribution in [-0.2, 0) is 8.98 Å². The first kappa shape index (κ1) is 13.8. The van der Waals surface area contributed by atoms with Gasteiger partial charge in [-0.05, 0) is 12.8 Å². The molecular formula is C11H22O2S. The maximum absolute atomic E-state index is 10.6. The number of carbonyl (C=O) groups is 1. The minimum atomic E-state index is -0.188. The molecule has 0 aromatic rings. The zero-order chi connectivity index (χ0) is 10.8. The van der Waals surface area contributed by atoms with Crippen LogP contribution in [0.2, 0.25) is 0 Å². The van der Waals surface area contributed by atoms with E-state index in [0.717, 1.165) is 12.8 Å². The summed E-state index contributed by atoms with van der Waals surface area (Å²) in [5, 5.41) is 0.496. The molecule has 0 aliphatic carbocycles. The van der Waals surface area contributed by atoms with Crippen molar-refractivity contribution in [1.29, 1.82) is 0 Å². The average molecular weight is 218 g/mol. The Morgan fingerprint density at radius 3 is 2.43 bits per heavy atom. The van der Waals surface area contributed by atoms with Crippen molar-refractivity contribution < 1.29 is 8.98 Å². The molecule has 0 saturated carbocycles. The number of carbonyl (C=O) groups excluding carboxylic acids is 1. The Morgan fingerprint density at radius 2 is 1.93 bits per heavy atom. The van der Waals surface area contributed by atoms with Crippen LogP contribution in [0, 0.1) is 0 Å². The van der Waals surface area contributed by atoms with Crippen molar-refractivity contribution in [1.82, 2.24) is 0 Å². The first-order valence-electron chi connectivity index (χ1n) is 5.54. The van der Waals surface area contributed by atoms with E-state index in [9.17, 15) is 4.79 Å². The molecule has 0 radical (unpaired) electrons. The summed E-state index contributed by atoms with van der Waals surface area (Å²) < 4.78 is 4.96. The van der Waals surface area contributed by atoms with Gasteiger partial charge in [0.05, 0.1) is 12.0 Å². The second-order valence-corrected chi connectivity index (χ2v) is 4.60. The normalized spacial score (nSPS) is 12.5. The van der Waals surface area contributed by atoms with Crippen LogP contribution in [0.15, 0.2) is 0 Å². The van der Waals surface area contributed by atoms with Gasteiger partial charge >= 0.3 is 5.97 Å². The third-order valence-electron chi connectivity index (χ3n) is 2.04. The highest BCUT2D eigenvalue weighted by atomic mass is 32.2. The second-order valence-electron chi connectivity index (χ2n) is 3.58. The van der Waals surface area contributed by atoms with E-state index in [-0.39, 0.29) is 5.97 Å². The maximum atomic E-state index is 10.6. The van der Waals surface area contributed by atoms with Crippen LogP contribution in [0.1, 0.15) is 59.3 Å². The van der Waals surface area contributed by atoms with Crippen LogP contribution in [0.4, 0.5) is 0 Å². The molecule has 0 aliphatic heterocycles. The lowest BCUT2D eigenvalue weighted by Gasteiger charge is -2.13. The third-order valence-corrected chi connectivity index (χ3v) is 3.12. The standard InChI is InChI=1S/C11H22O2S/c1-4-6-7-9-11(8-5-2)14-13-10(3)12/h11H,4-9H2,1-3H3. The van der Waals surface area contributed by atoms with E-state index >= 15 is 0 Å². The molecule has 14 heavy (non-hydrogen) atoms. The van der Waals surface area contributed by atoms with Crippen molar-refractivity contribution in [2.75, 3.05) is 0 Å². The topological polar surface area (TPSA) is 26.3 Å². The fourth-order valence-electron chi connectivity index (χ4n) is 1.32. The highest BCUT2D eigenvalue weighted by Gasteiger charge is 2.10. The third kappa shape index (κ3) is 8.42. The smallest absolute Gasteiger partial charge is 0.314 e. The lowest BCUT2D eigenvalue weighted by atomic mass is 10.1. The molecule has 0 aromatic carbocycles. The van der Waals surface area contributed by atoms with Crippen LogP contribution in [0.3, 0.4) is 0 Å². The Balaban J connectivity index is 3.59. The lowest BCUT2D eigenvalue weighted by Crippen LogP contribution is -2.05. The minimum Gasteiger partial charge on any atom is -0.391 e. The summed E-state index contributed by atoms with van der Waals surface area (Å²) in [6, 6.07) is 0. The molecule has 0 fully saturated rings. The van der Waals surface area contributed by atoms with Crippen LogP contribution in [-0.4, -0.2) is 11.2 Å². The van der Waals surface area contributed by atoms with Gasteiger partial charge in [0, 0.05) is 12.2 Å². The Kier molecular flexibility index (Phi) is 9.26. The summed E-state index contributed by atoms with van der Waals surface area (Å²) in [7, 11) is 0. The molecule has 84 valence electrons. The zero-order valence-corrected chi connectivity index (χ0v) is 10.4. The van der Waals surface area contributed by atoms with Crippen molar-refractivity contribution in [3.8, 4) is 0 Å². The molecule has 0 spiro atoms. The van der Waals surface area contributed by atoms with Gasteiger partial charge in [0.25, 0.3) is 0 Å². The van der Waals surface area contributed by atoms with E-state index in [1.165, 1.54) is 44.6 Å². The highest BCUT2D eigenvalue weighted by Crippen LogP contribution is 2.23. The molecule has 1 atom stereocenters. The van der Waals surface area contributed by atoms with E-state index in [4.69, 9.17) is 4.18 Å². The van der Waals surface area contributed by atoms with Crippen LogP contribution < -0.4 is 0 Å². The first-order chi connectivity index (χ1) is 6.70. The number of rotatable bonds is 8. The zero-order valence-electron chi connectivity index (χ0n) is 9.54. The summed E-state index contributed by atoms with van der Waals surface area (Å²) in [4.78, 5) is 10.6. The summed E-state index contributed by atoms with van der Waals surface area (Å²) in [6.45, 7) is 5.83. The van der Waals surface area contributed by atoms with Gasteiger partial charge in [0.1, 0.15) is 0 Å². The number of unbranched alkanes of at least 4 members (excludes halogenated alkanes) is 2. The van der Waals surface area contributed by atoms with Gasteiger partial charge in [-0.3, -0.25) is 4.79 Å². The molecule has 0 aliphatic rings. The predicted molar refractivity (Wildman–Crippen MR) is 62.2 cm³/mol. The van der Waals surface area contributed by atoms with E-state index in [1.54, 1.807) is 0 Å². The average Bonchev–Trinajstić information content (AvgIpc) is 2.14. The molecule has 2 nitrogen and oxygen atoms in total. The molecule has 0 amide bonds. The van der Waals surface area contributed by atoms with Crippen molar-refractivity contribution in [3.05, 3.63) is 0 Å². The van der Waals surface area contributed by atoms with Crippen molar-refractivity contribution in [2.24, 2.45) is 0 Å². The molecule has 0 N–H and O–H groups in total. The van der Waals surface area contributed by atoms with Crippen molar-refractivity contribution in [2.45, 2.75) is 64.5 Å². The van der Waals surface area contributed by atoms with E-state index in [2.05, 4.69) is 13.8 Å². The van der Waals surface area contributed by atoms with Gasteiger partial charge in [0.15, 0.2) is 0 Å². The molecule has 0 heterocycles. The Hall–Kier alpha value is -0.180. The van der Waals surface area contributed by atoms with E-state index in [1.807, 2.05) is 0 Å². The maximum Gasteiger partial charge on any atom is 0.314 e. The predicted octanol–water partition coefficient (Wildman–Crippen LogP) is 3.95. The van der Waals surface area contributed by atoms with Crippen LogP contribution in [0.25, 0.3) is 0 Å². The van der Waals surface area contributed by atoms with Gasteiger partial charge < -0.3 is 4.18 Å². The summed E-state index contributed by atoms with van der Waals surface area (Å²) in [6.07, 6.45) is 7.24. The largest absolute Gasteiger partial charge is 0.391 e. The minimum absolute atomic E-state index is 0.188. The Labute approximate surface area is 92.0 Å². The van der Waals surface area contributed by atoms with Crippen molar-refractivity contribution in [3.63, 3.8) is 0 Å². The Morgan fingerprint density at radius 1 is 1.21 bits per heavy atom. The molecular weight excluding hydrogens is 196 g/mol. The van der Waals surface area contributed by atoms with Crippen LogP contribution >= 0.6 is 12.0 Å². The van der Waals surface area contributed by atoms with Gasteiger partial charge in [-0.1, -0.05) is 39.5 Å². The SMILES string of the molecule is CCCCCC(CCC)SOC(C)=O. The molecule has 0 rings (SSSR count). The number of hydrogen-bond acceptors (Lipinski definition) is 3. The fraction of sp³-hybridized carbons (Fsp3) is 0.909. The molecule has 3 heteroatoms. The number of hydrogen-bond donors (Lipinski definition) is 0. The Bertz CT molecular complexity index is 148. The monoisotopic (exact) mass is 218 g/mol. The summed E-state index contributed by atoms with van der Waals surface area (Å²) in [5.41, 5.74) is 0. The van der Waals surface area contributed by atoms with E-state index in [0.29, 0.717) is 5.25 Å². The molecule has 0 bridgehead atoms. The van der Waals surface area contributed by atoms with Gasteiger partial charge in [0.2, 0.25) is 0 Å². The first-order valence-corrected chi connectivity index (χ1v) is 6.35. The summed E-state index contributed by atoms with van der Waals surface area (Å²) in [5.74, 6) is -0.188. The van der Waals surface area contributed by atoms with Gasteiger partial charge in [-0.15, -0.1) is 0 Å². The van der Waals surface area contributed by atoms with Crippen LogP contribution in [0.5, 0.6) is 0 Å². The molecule has 1 unspecified atom stereocenters. The van der Waals surface area contributed by atoms with Gasteiger partial charge in [-0.25, -0.2) is 0 Å². The highest BCUT2D eigenvalue weighted by molar-refractivity contribution is 7.95. The molecule has 0 saturated heterocycles. The second kappa shape index (κ2) is 9.38. The lowest BCUT2D eigenvalue weighted by molar-refractivity contribution is -0.130. The van der Waals surface area contributed by atoms with Crippen molar-refractivity contribution >= 4 is 18.0 Å². The van der Waals surface area contributed by atoms with Gasteiger partial charge in [-0.2, -0.15) is 0 Å². The summed E-state index contributed by atoms with van der Waals surface area (Å²) >= 11 is 1.36. The molecule has 0 aromatic heterocycles. The fourth-order valence-corrected chi connectivity index (χ4v) is 2.19.